The fourth-order valence-electron chi connectivity index (χ4n) is 3.61. The van der Waals surface area contributed by atoms with Crippen LogP contribution in [0.15, 0.2) is 53.6 Å². The van der Waals surface area contributed by atoms with Crippen LogP contribution in [-0.4, -0.2) is 46.0 Å². The Balaban J connectivity index is 1.70. The van der Waals surface area contributed by atoms with Gasteiger partial charge >= 0.3 is 0 Å². The largest absolute Gasteiger partial charge is 0.381 e. The van der Waals surface area contributed by atoms with Gasteiger partial charge in [0.05, 0.1) is 23.3 Å². The van der Waals surface area contributed by atoms with Gasteiger partial charge in [-0.2, -0.15) is 5.10 Å². The quantitative estimate of drug-likeness (QED) is 0.414. The second kappa shape index (κ2) is 9.45. The Kier molecular flexibility index (Phi) is 6.50. The second-order valence-electron chi connectivity index (χ2n) is 7.28. The van der Waals surface area contributed by atoms with Crippen LogP contribution in [-0.2, 0) is 4.74 Å². The smallest absolute Gasteiger partial charge is 0.136 e. The molecule has 1 aliphatic rings. The number of hydrogen-bond acceptors (Lipinski definition) is 6. The average Bonchev–Trinajstić information content (AvgIpc) is 3.29. The summed E-state index contributed by atoms with van der Waals surface area (Å²) in [7, 11) is 0. The fraction of sp³-hybridized carbons (Fsp3) is 0.348. The molecule has 1 aromatic carbocycles. The third-order valence-electron chi connectivity index (χ3n) is 5.36. The molecule has 3 aromatic rings. The van der Waals surface area contributed by atoms with Crippen molar-refractivity contribution in [3.8, 4) is 17.1 Å². The molecule has 1 saturated heterocycles. The molecule has 0 radical (unpaired) electrons. The Hall–Kier alpha value is -2.64. The zero-order valence-corrected chi connectivity index (χ0v) is 18.2. The Morgan fingerprint density at radius 3 is 2.63 bits per heavy atom. The summed E-state index contributed by atoms with van der Waals surface area (Å²) < 4.78 is 7.40. The first-order valence-electron chi connectivity index (χ1n) is 10.3. The van der Waals surface area contributed by atoms with Crippen molar-refractivity contribution < 1.29 is 4.74 Å². The third kappa shape index (κ3) is 4.42. The van der Waals surface area contributed by atoms with E-state index in [1.54, 1.807) is 18.0 Å². The molecule has 6 nitrogen and oxygen atoms in total. The van der Waals surface area contributed by atoms with E-state index >= 15 is 0 Å². The minimum Gasteiger partial charge on any atom is -0.381 e. The highest BCUT2D eigenvalue weighted by atomic mass is 32.2. The molecule has 1 aliphatic heterocycles. The predicted octanol–water partition coefficient (Wildman–Crippen LogP) is 5.02. The minimum atomic E-state index is 0.314. The first kappa shape index (κ1) is 20.6. The van der Waals surface area contributed by atoms with Gasteiger partial charge in [-0.3, -0.25) is 0 Å². The van der Waals surface area contributed by atoms with Crippen LogP contribution in [0.5, 0.6) is 0 Å². The maximum atomic E-state index is 8.37. The molecule has 30 heavy (non-hydrogen) atoms. The number of aromatic nitrogens is 3. The number of pyridine rings is 1. The van der Waals surface area contributed by atoms with Gasteiger partial charge in [-0.25, -0.2) is 9.67 Å². The van der Waals surface area contributed by atoms with Crippen molar-refractivity contribution in [3.63, 3.8) is 0 Å². The lowest BCUT2D eigenvalue weighted by atomic mass is 10.1. The molecule has 0 atom stereocenters. The molecular formula is C23H27N5OS. The van der Waals surface area contributed by atoms with Crippen molar-refractivity contribution >= 4 is 23.3 Å². The van der Waals surface area contributed by atoms with Crippen molar-refractivity contribution in [2.24, 2.45) is 0 Å². The Morgan fingerprint density at radius 1 is 1.17 bits per heavy atom. The van der Waals surface area contributed by atoms with E-state index in [2.05, 4.69) is 40.9 Å². The molecule has 0 amide bonds. The van der Waals surface area contributed by atoms with E-state index in [0.29, 0.717) is 18.2 Å². The Bertz CT molecular complexity index is 1010. The number of benzene rings is 1. The number of ether oxygens (including phenoxy) is 1. The van der Waals surface area contributed by atoms with E-state index < -0.39 is 0 Å². The molecule has 4 rings (SSSR count). The topological polar surface area (TPSA) is 75.8 Å². The molecule has 2 N–H and O–H groups in total. The van der Waals surface area contributed by atoms with Gasteiger partial charge in [-0.1, -0.05) is 6.92 Å². The molecule has 0 saturated carbocycles. The van der Waals surface area contributed by atoms with Crippen molar-refractivity contribution in [1.82, 2.24) is 14.8 Å². The third-order valence-corrected chi connectivity index (χ3v) is 6.10. The predicted molar refractivity (Wildman–Crippen MR) is 123 cm³/mol. The molecule has 2 aromatic heterocycles. The standard InChI is InChI=1S/C23H27N5OS/c1-3-20(24)19-8-9-21(27-23(19)26-16-11-14-29-15-12-16)22-10-13-25-28(22)17-4-6-18(30-2)7-5-17/h4-10,13,16,24H,3,11-12,14-15H2,1-2H3,(H,26,27). The highest BCUT2D eigenvalue weighted by Gasteiger charge is 2.19. The summed E-state index contributed by atoms with van der Waals surface area (Å²) in [6.07, 6.45) is 6.44. The van der Waals surface area contributed by atoms with Crippen molar-refractivity contribution in [3.05, 3.63) is 54.2 Å². The maximum Gasteiger partial charge on any atom is 0.136 e. The molecular weight excluding hydrogens is 394 g/mol. The number of anilines is 1. The van der Waals surface area contributed by atoms with Gasteiger partial charge < -0.3 is 15.5 Å². The van der Waals surface area contributed by atoms with Gasteiger partial charge in [0.1, 0.15) is 5.82 Å². The lowest BCUT2D eigenvalue weighted by molar-refractivity contribution is 0.0904. The lowest BCUT2D eigenvalue weighted by Crippen LogP contribution is -2.29. The molecule has 3 heterocycles. The molecule has 0 spiro atoms. The number of nitrogens with one attached hydrogen (secondary N) is 2. The van der Waals surface area contributed by atoms with Gasteiger partial charge in [0.25, 0.3) is 0 Å². The maximum absolute atomic E-state index is 8.37. The van der Waals surface area contributed by atoms with Crippen LogP contribution in [0.2, 0.25) is 0 Å². The van der Waals surface area contributed by atoms with Gasteiger partial charge in [0, 0.05) is 35.4 Å². The highest BCUT2D eigenvalue weighted by molar-refractivity contribution is 7.98. The van der Waals surface area contributed by atoms with E-state index in [-0.39, 0.29) is 0 Å². The molecule has 1 fully saturated rings. The van der Waals surface area contributed by atoms with Gasteiger partial charge in [0.15, 0.2) is 0 Å². The first-order valence-corrected chi connectivity index (χ1v) is 11.5. The van der Waals surface area contributed by atoms with Crippen LogP contribution in [0.25, 0.3) is 17.1 Å². The summed E-state index contributed by atoms with van der Waals surface area (Å²) in [6, 6.07) is 14.6. The van der Waals surface area contributed by atoms with Gasteiger partial charge in [0.2, 0.25) is 0 Å². The van der Waals surface area contributed by atoms with E-state index in [1.165, 1.54) is 4.90 Å². The summed E-state index contributed by atoms with van der Waals surface area (Å²) in [5.41, 5.74) is 4.21. The monoisotopic (exact) mass is 421 g/mol. The van der Waals surface area contributed by atoms with Crippen LogP contribution in [0.1, 0.15) is 31.7 Å². The molecule has 156 valence electrons. The Morgan fingerprint density at radius 2 is 1.93 bits per heavy atom. The number of thioether (sulfide) groups is 1. The normalized spacial score (nSPS) is 14.6. The molecule has 0 aliphatic carbocycles. The number of hydrogen-bond donors (Lipinski definition) is 2. The highest BCUT2D eigenvalue weighted by Crippen LogP contribution is 2.27. The minimum absolute atomic E-state index is 0.314. The van der Waals surface area contributed by atoms with Crippen LogP contribution < -0.4 is 5.32 Å². The lowest BCUT2D eigenvalue weighted by Gasteiger charge is -2.25. The average molecular weight is 422 g/mol. The number of nitrogens with zero attached hydrogens (tertiary/aromatic N) is 3. The van der Waals surface area contributed by atoms with E-state index in [4.69, 9.17) is 15.1 Å². The zero-order valence-electron chi connectivity index (χ0n) is 17.4. The molecule has 0 bridgehead atoms. The van der Waals surface area contributed by atoms with Gasteiger partial charge in [-0.05, 0) is 68.0 Å². The summed E-state index contributed by atoms with van der Waals surface area (Å²) >= 11 is 1.72. The van der Waals surface area contributed by atoms with Crippen molar-refractivity contribution in [2.75, 3.05) is 24.8 Å². The van der Waals surface area contributed by atoms with Crippen LogP contribution in [0.4, 0.5) is 5.82 Å². The van der Waals surface area contributed by atoms with E-state index in [9.17, 15) is 0 Å². The SMILES string of the molecule is CCC(=N)c1ccc(-c2ccnn2-c2ccc(SC)cc2)nc1NC1CCOCC1. The van der Waals surface area contributed by atoms with Crippen molar-refractivity contribution in [2.45, 2.75) is 37.1 Å². The van der Waals surface area contributed by atoms with E-state index in [0.717, 1.165) is 54.5 Å². The summed E-state index contributed by atoms with van der Waals surface area (Å²) in [5.74, 6) is 0.775. The molecule has 7 heteroatoms. The number of rotatable bonds is 7. The van der Waals surface area contributed by atoms with E-state index in [1.807, 2.05) is 29.8 Å². The van der Waals surface area contributed by atoms with Gasteiger partial charge in [-0.15, -0.1) is 11.8 Å². The Labute approximate surface area is 181 Å². The molecule has 0 unspecified atom stereocenters. The fourth-order valence-corrected chi connectivity index (χ4v) is 4.02. The van der Waals surface area contributed by atoms with Crippen LogP contribution >= 0.6 is 11.8 Å². The zero-order chi connectivity index (χ0) is 20.9. The van der Waals surface area contributed by atoms with Crippen LogP contribution in [0.3, 0.4) is 0 Å². The van der Waals surface area contributed by atoms with Crippen LogP contribution in [0, 0.1) is 5.41 Å². The second-order valence-corrected chi connectivity index (χ2v) is 8.16. The first-order chi connectivity index (χ1) is 14.7. The summed E-state index contributed by atoms with van der Waals surface area (Å²) in [5, 5.41) is 16.5. The summed E-state index contributed by atoms with van der Waals surface area (Å²) in [4.78, 5) is 6.16. The summed E-state index contributed by atoms with van der Waals surface area (Å²) in [6.45, 7) is 3.52. The van der Waals surface area contributed by atoms with Crippen molar-refractivity contribution in [1.29, 1.82) is 5.41 Å².